The lowest BCUT2D eigenvalue weighted by molar-refractivity contribution is 0.743. The van der Waals surface area contributed by atoms with Gasteiger partial charge in [-0.25, -0.2) is 0 Å². The summed E-state index contributed by atoms with van der Waals surface area (Å²) in [5.74, 6) is 0.700. The van der Waals surface area contributed by atoms with E-state index in [9.17, 15) is 0 Å². The van der Waals surface area contributed by atoms with Crippen molar-refractivity contribution in [3.63, 3.8) is 0 Å². The van der Waals surface area contributed by atoms with Crippen molar-refractivity contribution in [3.8, 4) is 0 Å². The molecule has 0 heterocycles. The van der Waals surface area contributed by atoms with Gasteiger partial charge in [0.05, 0.1) is 0 Å². The molecule has 0 aliphatic heterocycles. The normalized spacial score (nSPS) is 36.3. The second kappa shape index (κ2) is 3.29. The molecular formula is C9H12. The molecular weight excluding hydrogens is 108 g/mol. The Morgan fingerprint density at radius 2 is 1.89 bits per heavy atom. The van der Waals surface area contributed by atoms with Crippen LogP contribution < -0.4 is 0 Å². The highest BCUT2D eigenvalue weighted by molar-refractivity contribution is 5.14. The van der Waals surface area contributed by atoms with E-state index in [2.05, 4.69) is 43.4 Å². The first-order valence-corrected chi connectivity index (χ1v) is 3.39. The van der Waals surface area contributed by atoms with Crippen LogP contribution in [0.2, 0.25) is 0 Å². The summed E-state index contributed by atoms with van der Waals surface area (Å²) in [5.41, 5.74) is 0. The quantitative estimate of drug-likeness (QED) is 0.461. The smallest absolute Gasteiger partial charge is 0.0224 e. The average molecular weight is 120 g/mol. The van der Waals surface area contributed by atoms with Crippen LogP contribution >= 0.6 is 0 Å². The maximum absolute atomic E-state index is 2.22. The lowest BCUT2D eigenvalue weighted by Gasteiger charge is -2.00. The summed E-state index contributed by atoms with van der Waals surface area (Å²) in [4.78, 5) is 0. The Labute approximate surface area is 56.6 Å². The molecule has 0 heteroatoms. The van der Waals surface area contributed by atoms with Crippen molar-refractivity contribution in [2.45, 2.75) is 13.3 Å². The van der Waals surface area contributed by atoms with Crippen LogP contribution in [0.3, 0.4) is 0 Å². The van der Waals surface area contributed by atoms with Crippen LogP contribution in [0.25, 0.3) is 0 Å². The van der Waals surface area contributed by atoms with E-state index in [-0.39, 0.29) is 0 Å². The topological polar surface area (TPSA) is 0 Å². The monoisotopic (exact) mass is 120 g/mol. The minimum absolute atomic E-state index is 0.700. The van der Waals surface area contributed by atoms with Crippen molar-refractivity contribution in [3.05, 3.63) is 36.5 Å². The number of hydrogen-bond donors (Lipinski definition) is 0. The van der Waals surface area contributed by atoms with Crippen molar-refractivity contribution in [1.29, 1.82) is 0 Å². The molecule has 0 N–H and O–H groups in total. The van der Waals surface area contributed by atoms with Gasteiger partial charge in [0.2, 0.25) is 0 Å². The van der Waals surface area contributed by atoms with E-state index in [1.165, 1.54) is 6.42 Å². The van der Waals surface area contributed by atoms with Gasteiger partial charge in [-0.1, -0.05) is 43.4 Å². The standard InChI is InChI=1S/C9H12/c1-9-7-5-3-2-4-6-8-9/h2-7,9H,8H2,1H3/b3-2-,6-4-,7-5-/t9-/m1/s1. The van der Waals surface area contributed by atoms with E-state index in [0.717, 1.165) is 0 Å². The molecule has 0 saturated carbocycles. The van der Waals surface area contributed by atoms with Gasteiger partial charge in [-0.05, 0) is 12.3 Å². The van der Waals surface area contributed by atoms with Gasteiger partial charge in [0.1, 0.15) is 0 Å². The summed E-state index contributed by atoms with van der Waals surface area (Å²) < 4.78 is 0. The molecule has 1 rings (SSSR count). The summed E-state index contributed by atoms with van der Waals surface area (Å²) >= 11 is 0. The molecule has 0 spiro atoms. The number of hydrogen-bond acceptors (Lipinski definition) is 0. The summed E-state index contributed by atoms with van der Waals surface area (Å²) in [6, 6.07) is 0. The zero-order chi connectivity index (χ0) is 6.53. The fourth-order valence-corrected chi connectivity index (χ4v) is 0.832. The zero-order valence-electron chi connectivity index (χ0n) is 5.75. The largest absolute Gasteiger partial charge is 0.0840 e. The molecule has 1 aliphatic carbocycles. The lowest BCUT2D eigenvalue weighted by atomic mass is 10.1. The fraction of sp³-hybridized carbons (Fsp3) is 0.333. The molecule has 1 atom stereocenters. The molecule has 0 bridgehead atoms. The van der Waals surface area contributed by atoms with E-state index in [0.29, 0.717) is 5.92 Å². The number of rotatable bonds is 0. The molecule has 0 nitrogen and oxygen atoms in total. The molecule has 0 amide bonds. The molecule has 48 valence electrons. The predicted octanol–water partition coefficient (Wildman–Crippen LogP) is 2.69. The Balaban J connectivity index is 2.59. The van der Waals surface area contributed by atoms with E-state index in [1.807, 2.05) is 0 Å². The summed E-state index contributed by atoms with van der Waals surface area (Å²) in [6.07, 6.45) is 13.9. The Kier molecular flexibility index (Phi) is 2.32. The third kappa shape index (κ3) is 2.31. The van der Waals surface area contributed by atoms with E-state index < -0.39 is 0 Å². The third-order valence-electron chi connectivity index (χ3n) is 1.42. The zero-order valence-corrected chi connectivity index (χ0v) is 5.75. The predicted molar refractivity (Wildman–Crippen MR) is 41.2 cm³/mol. The van der Waals surface area contributed by atoms with Crippen LogP contribution in [0.1, 0.15) is 13.3 Å². The van der Waals surface area contributed by atoms with Crippen molar-refractivity contribution in [2.75, 3.05) is 0 Å². The Morgan fingerprint density at radius 3 is 2.78 bits per heavy atom. The number of allylic oxidation sites excluding steroid dienone is 6. The first kappa shape index (κ1) is 6.34. The van der Waals surface area contributed by atoms with Gasteiger partial charge in [0, 0.05) is 0 Å². The Morgan fingerprint density at radius 1 is 1.11 bits per heavy atom. The van der Waals surface area contributed by atoms with Gasteiger partial charge >= 0.3 is 0 Å². The van der Waals surface area contributed by atoms with Gasteiger partial charge in [-0.2, -0.15) is 0 Å². The summed E-state index contributed by atoms with van der Waals surface area (Å²) in [6.45, 7) is 2.22. The molecule has 0 radical (unpaired) electrons. The van der Waals surface area contributed by atoms with Gasteiger partial charge in [-0.15, -0.1) is 0 Å². The van der Waals surface area contributed by atoms with E-state index in [1.54, 1.807) is 0 Å². The first-order valence-electron chi connectivity index (χ1n) is 3.39. The lowest BCUT2D eigenvalue weighted by Crippen LogP contribution is -1.85. The molecule has 0 saturated heterocycles. The van der Waals surface area contributed by atoms with Crippen molar-refractivity contribution in [1.82, 2.24) is 0 Å². The highest BCUT2D eigenvalue weighted by Crippen LogP contribution is 2.06. The molecule has 0 aromatic carbocycles. The molecule has 0 fully saturated rings. The van der Waals surface area contributed by atoms with Crippen molar-refractivity contribution < 1.29 is 0 Å². The first-order chi connectivity index (χ1) is 4.39. The van der Waals surface area contributed by atoms with Crippen LogP contribution in [0.5, 0.6) is 0 Å². The minimum Gasteiger partial charge on any atom is -0.0840 e. The molecule has 0 aromatic rings. The van der Waals surface area contributed by atoms with Crippen molar-refractivity contribution >= 4 is 0 Å². The maximum atomic E-state index is 2.22. The average Bonchev–Trinajstić information content (AvgIpc) is 1.79. The molecule has 0 unspecified atom stereocenters. The van der Waals surface area contributed by atoms with Crippen molar-refractivity contribution in [2.24, 2.45) is 5.92 Å². The Bertz CT molecular complexity index is 149. The van der Waals surface area contributed by atoms with E-state index in [4.69, 9.17) is 0 Å². The second-order valence-corrected chi connectivity index (χ2v) is 2.41. The highest BCUT2D eigenvalue weighted by atomic mass is 14.0. The molecule has 1 aliphatic rings. The van der Waals surface area contributed by atoms with Gasteiger partial charge in [0.15, 0.2) is 0 Å². The van der Waals surface area contributed by atoms with Crippen LogP contribution in [-0.2, 0) is 0 Å². The minimum atomic E-state index is 0.700. The fourth-order valence-electron chi connectivity index (χ4n) is 0.832. The highest BCUT2D eigenvalue weighted by Gasteiger charge is 1.91. The molecule has 0 aromatic heterocycles. The Hall–Kier alpha value is -0.780. The van der Waals surface area contributed by atoms with E-state index >= 15 is 0 Å². The van der Waals surface area contributed by atoms with Gasteiger partial charge in [-0.3, -0.25) is 0 Å². The van der Waals surface area contributed by atoms with Gasteiger partial charge < -0.3 is 0 Å². The van der Waals surface area contributed by atoms with Crippen LogP contribution in [-0.4, -0.2) is 0 Å². The molecule has 9 heavy (non-hydrogen) atoms. The van der Waals surface area contributed by atoms with Crippen LogP contribution in [0, 0.1) is 5.92 Å². The third-order valence-corrected chi connectivity index (χ3v) is 1.42. The summed E-state index contributed by atoms with van der Waals surface area (Å²) in [7, 11) is 0. The van der Waals surface area contributed by atoms with Crippen LogP contribution in [0.4, 0.5) is 0 Å². The summed E-state index contributed by atoms with van der Waals surface area (Å²) in [5, 5.41) is 0. The second-order valence-electron chi connectivity index (χ2n) is 2.41. The van der Waals surface area contributed by atoms with Gasteiger partial charge in [0.25, 0.3) is 0 Å². The SMILES string of the molecule is C[C@@H]1\C=C/C=C\C=C/C1. The maximum Gasteiger partial charge on any atom is -0.0224 e. The van der Waals surface area contributed by atoms with Crippen LogP contribution in [0.15, 0.2) is 36.5 Å².